The Labute approximate surface area is 219 Å². The summed E-state index contributed by atoms with van der Waals surface area (Å²) in [6.45, 7) is 8.95. The third-order valence-corrected chi connectivity index (χ3v) is 11.9. The number of carbonyl (C=O) groups is 2. The van der Waals surface area contributed by atoms with Crippen LogP contribution in [0.3, 0.4) is 0 Å². The van der Waals surface area contributed by atoms with Crippen molar-refractivity contribution in [1.82, 2.24) is 0 Å². The number of hydrogen-bond donors (Lipinski definition) is 3. The summed E-state index contributed by atoms with van der Waals surface area (Å²) in [5, 5.41) is 32.5. The van der Waals surface area contributed by atoms with Gasteiger partial charge in [0.15, 0.2) is 6.10 Å². The molecule has 206 valence electrons. The van der Waals surface area contributed by atoms with E-state index in [1.165, 1.54) is 12.1 Å². The van der Waals surface area contributed by atoms with E-state index in [0.29, 0.717) is 19.3 Å². The normalized spacial score (nSPS) is 40.9. The zero-order valence-electron chi connectivity index (χ0n) is 22.3. The first-order valence-electron chi connectivity index (χ1n) is 13.2. The van der Waals surface area contributed by atoms with Gasteiger partial charge in [-0.1, -0.05) is 45.4 Å². The predicted octanol–water partition coefficient (Wildman–Crippen LogP) is 3.57. The summed E-state index contributed by atoms with van der Waals surface area (Å²) in [6, 6.07) is 5.97. The molecule has 9 heteroatoms. The molecule has 0 aromatic heterocycles. The lowest BCUT2D eigenvalue weighted by atomic mass is 9.41. The van der Waals surface area contributed by atoms with Crippen LogP contribution in [0.2, 0.25) is 0 Å². The number of aliphatic carboxylic acids is 1. The maximum atomic E-state index is 13.6. The van der Waals surface area contributed by atoms with Gasteiger partial charge in [-0.25, -0.2) is 4.79 Å². The smallest absolute Gasteiger partial charge is 0.334 e. The van der Waals surface area contributed by atoms with Crippen molar-refractivity contribution in [3.63, 3.8) is 0 Å². The van der Waals surface area contributed by atoms with Gasteiger partial charge in [-0.15, -0.1) is 0 Å². The molecule has 3 aliphatic carbocycles. The summed E-state index contributed by atoms with van der Waals surface area (Å²) in [6.07, 6.45) is -0.439. The molecule has 0 aliphatic heterocycles. The summed E-state index contributed by atoms with van der Waals surface area (Å²) in [4.78, 5) is 26.2. The number of benzene rings is 1. The summed E-state index contributed by atoms with van der Waals surface area (Å²) >= 11 is 0. The third-order valence-electron chi connectivity index (χ3n) is 10.6. The van der Waals surface area contributed by atoms with Crippen molar-refractivity contribution in [2.75, 3.05) is 6.61 Å². The van der Waals surface area contributed by atoms with Crippen LogP contribution in [0.5, 0.6) is 0 Å². The number of carbonyl (C=O) groups excluding carboxylic acids is 1. The Morgan fingerprint density at radius 2 is 1.78 bits per heavy atom. The van der Waals surface area contributed by atoms with E-state index >= 15 is 0 Å². The number of Topliss-reactive ketones (excluding diaryl/α,β-unsaturated/α-hetero) is 1. The monoisotopic (exact) mass is 536 g/mol. The molecule has 37 heavy (non-hydrogen) atoms. The average molecular weight is 537 g/mol. The molecule has 0 saturated heterocycles. The second kappa shape index (κ2) is 9.43. The Hall–Kier alpha value is -1.81. The third kappa shape index (κ3) is 4.26. The van der Waals surface area contributed by atoms with E-state index in [0.717, 1.165) is 12.0 Å². The molecular weight excluding hydrogens is 496 g/mol. The molecule has 1 aromatic rings. The molecule has 3 saturated carbocycles. The lowest BCUT2D eigenvalue weighted by Crippen LogP contribution is -2.64. The van der Waals surface area contributed by atoms with Crippen LogP contribution in [0, 0.1) is 46.8 Å². The van der Waals surface area contributed by atoms with Gasteiger partial charge in [0.2, 0.25) is 0 Å². The number of ketones is 1. The van der Waals surface area contributed by atoms with Crippen LogP contribution in [-0.2, 0) is 23.9 Å². The lowest BCUT2D eigenvalue weighted by molar-refractivity contribution is -0.203. The number of aryl methyl sites for hydroxylation is 1. The Balaban J connectivity index is 1.90. The van der Waals surface area contributed by atoms with Gasteiger partial charge < -0.3 is 15.3 Å². The van der Waals surface area contributed by atoms with Gasteiger partial charge in [0, 0.05) is 23.7 Å². The molecular formula is C28H40O8S. The van der Waals surface area contributed by atoms with Crippen molar-refractivity contribution in [3.8, 4) is 0 Å². The SMILES string of the molecule is Cc1ccc(S(=O)(=O)OC(C(=O)O)[C@@H]2C[C@@](C)(CO)[C@@H](O)[C@H](C)[C@]34CCC(=O)[C@H]3[C@]2(C)[C@H](C)CC4)cc1. The summed E-state index contributed by atoms with van der Waals surface area (Å²) in [5.74, 6) is -3.29. The fourth-order valence-corrected chi connectivity index (χ4v) is 9.18. The molecule has 0 amide bonds. The first-order chi connectivity index (χ1) is 17.1. The fraction of sp³-hybridized carbons (Fsp3) is 0.714. The van der Waals surface area contributed by atoms with Crippen LogP contribution in [0.1, 0.15) is 65.4 Å². The Kier molecular flexibility index (Phi) is 7.19. The van der Waals surface area contributed by atoms with Crippen LogP contribution in [-0.4, -0.2) is 54.3 Å². The number of aliphatic hydroxyl groups excluding tert-OH is 2. The quantitative estimate of drug-likeness (QED) is 0.469. The summed E-state index contributed by atoms with van der Waals surface area (Å²) in [5.41, 5.74) is -1.74. The Morgan fingerprint density at radius 3 is 2.35 bits per heavy atom. The zero-order chi connectivity index (χ0) is 27.6. The second-order valence-electron chi connectivity index (χ2n) is 12.4. The van der Waals surface area contributed by atoms with Gasteiger partial charge in [-0.3, -0.25) is 8.98 Å². The van der Waals surface area contributed by atoms with Gasteiger partial charge in [0.05, 0.1) is 17.6 Å². The highest BCUT2D eigenvalue weighted by atomic mass is 32.2. The lowest BCUT2D eigenvalue weighted by Gasteiger charge is -2.63. The van der Waals surface area contributed by atoms with Gasteiger partial charge >= 0.3 is 5.97 Å². The zero-order valence-corrected chi connectivity index (χ0v) is 23.1. The standard InChI is InChI=1S/C28H40O8S/c1-16-6-8-19(9-7-16)37(34,35)36-22(25(32)33)20-14-26(4,15-29)24(31)18(3)28-12-10-17(2)27(20,5)23(28)21(30)11-13-28/h6-9,17-18,20,22-24,29,31H,10-15H2,1-5H3,(H,32,33)/t17-,18+,20+,22?,23+,24+,26+,27-,28+/m1/s1. The van der Waals surface area contributed by atoms with Crippen molar-refractivity contribution in [2.24, 2.45) is 39.9 Å². The maximum Gasteiger partial charge on any atom is 0.334 e. The van der Waals surface area contributed by atoms with E-state index < -0.39 is 63.0 Å². The van der Waals surface area contributed by atoms with Crippen LogP contribution >= 0.6 is 0 Å². The molecule has 1 aromatic carbocycles. The topological polar surface area (TPSA) is 138 Å². The van der Waals surface area contributed by atoms with Crippen molar-refractivity contribution in [3.05, 3.63) is 29.8 Å². The van der Waals surface area contributed by atoms with E-state index in [9.17, 15) is 33.3 Å². The molecule has 3 aliphatic rings. The minimum atomic E-state index is -4.46. The fourth-order valence-electron chi connectivity index (χ4n) is 8.11. The average Bonchev–Trinajstić information content (AvgIpc) is 3.20. The second-order valence-corrected chi connectivity index (χ2v) is 14.0. The van der Waals surface area contributed by atoms with Gasteiger partial charge in [0.25, 0.3) is 10.1 Å². The van der Waals surface area contributed by atoms with Crippen molar-refractivity contribution >= 4 is 21.9 Å². The molecule has 8 nitrogen and oxygen atoms in total. The molecule has 3 fully saturated rings. The summed E-state index contributed by atoms with van der Waals surface area (Å²) in [7, 11) is -4.46. The van der Waals surface area contributed by atoms with Gasteiger partial charge in [-0.2, -0.15) is 8.42 Å². The molecule has 4 rings (SSSR count). The molecule has 1 unspecified atom stereocenters. The first kappa shape index (κ1) is 28.2. The minimum absolute atomic E-state index is 0.00388. The largest absolute Gasteiger partial charge is 0.479 e. The molecule has 9 atom stereocenters. The molecule has 0 radical (unpaired) electrons. The number of aliphatic hydroxyl groups is 2. The molecule has 0 spiro atoms. The number of carboxylic acid groups (broad SMARTS) is 1. The predicted molar refractivity (Wildman–Crippen MR) is 136 cm³/mol. The molecule has 0 heterocycles. The van der Waals surface area contributed by atoms with Crippen LogP contribution in [0.15, 0.2) is 29.2 Å². The van der Waals surface area contributed by atoms with E-state index in [-0.39, 0.29) is 28.9 Å². The highest BCUT2D eigenvalue weighted by molar-refractivity contribution is 7.86. The maximum absolute atomic E-state index is 13.6. The van der Waals surface area contributed by atoms with E-state index in [1.807, 2.05) is 27.7 Å². The molecule has 3 N–H and O–H groups in total. The van der Waals surface area contributed by atoms with Crippen LogP contribution in [0.4, 0.5) is 0 Å². The highest BCUT2D eigenvalue weighted by Crippen LogP contribution is 2.69. The van der Waals surface area contributed by atoms with Crippen LogP contribution in [0.25, 0.3) is 0 Å². The Bertz CT molecular complexity index is 1160. The van der Waals surface area contributed by atoms with E-state index in [1.54, 1.807) is 19.1 Å². The number of carboxylic acids is 1. The van der Waals surface area contributed by atoms with E-state index in [2.05, 4.69) is 0 Å². The molecule has 2 bridgehead atoms. The van der Waals surface area contributed by atoms with E-state index in [4.69, 9.17) is 4.18 Å². The van der Waals surface area contributed by atoms with Gasteiger partial charge in [-0.05, 0) is 67.4 Å². The number of rotatable bonds is 6. The highest BCUT2D eigenvalue weighted by Gasteiger charge is 2.69. The Morgan fingerprint density at radius 1 is 1.16 bits per heavy atom. The minimum Gasteiger partial charge on any atom is -0.479 e. The van der Waals surface area contributed by atoms with Gasteiger partial charge in [0.1, 0.15) is 5.78 Å². The van der Waals surface area contributed by atoms with Crippen molar-refractivity contribution < 1.29 is 37.5 Å². The summed E-state index contributed by atoms with van der Waals surface area (Å²) < 4.78 is 32.1. The van der Waals surface area contributed by atoms with Crippen molar-refractivity contribution in [2.45, 2.75) is 83.8 Å². The van der Waals surface area contributed by atoms with Crippen molar-refractivity contribution in [1.29, 1.82) is 0 Å². The first-order valence-corrected chi connectivity index (χ1v) is 14.6. The number of hydrogen-bond acceptors (Lipinski definition) is 7. The van der Waals surface area contributed by atoms with Crippen LogP contribution < -0.4 is 0 Å².